The van der Waals surface area contributed by atoms with Gasteiger partial charge in [-0.1, -0.05) is 0 Å². The van der Waals surface area contributed by atoms with E-state index in [0.717, 1.165) is 42.4 Å². The Balaban J connectivity index is 1.82. The summed E-state index contributed by atoms with van der Waals surface area (Å²) in [4.78, 5) is 28.5. The van der Waals surface area contributed by atoms with Crippen LogP contribution in [0, 0.1) is 11.7 Å². The highest BCUT2D eigenvalue weighted by atomic mass is 19.4. The molecule has 0 spiro atoms. The van der Waals surface area contributed by atoms with Crippen LogP contribution in [-0.2, 0) is 18.9 Å². The van der Waals surface area contributed by atoms with E-state index in [1.165, 1.54) is 10.8 Å². The molecule has 0 N–H and O–H groups in total. The lowest BCUT2D eigenvalue weighted by molar-refractivity contribution is -0.143. The lowest BCUT2D eigenvalue weighted by atomic mass is 10.0. The lowest BCUT2D eigenvalue weighted by Gasteiger charge is -2.36. The highest BCUT2D eigenvalue weighted by Gasteiger charge is 2.42. The number of benzene rings is 2. The molecule has 4 rings (SSSR count). The molecule has 14 heteroatoms. The topological polar surface area (TPSA) is 59.7 Å². The molecule has 38 heavy (non-hydrogen) atoms. The highest BCUT2D eigenvalue weighted by molar-refractivity contribution is 5.89. The van der Waals surface area contributed by atoms with E-state index in [9.17, 15) is 40.3 Å². The van der Waals surface area contributed by atoms with Gasteiger partial charge in [0.25, 0.3) is 0 Å². The number of alkyl halides is 6. The lowest BCUT2D eigenvalue weighted by Crippen LogP contribution is -2.46. The third-order valence-electron chi connectivity index (χ3n) is 6.08. The predicted molar refractivity (Wildman–Crippen MR) is 122 cm³/mol. The number of imidazole rings is 1. The Morgan fingerprint density at radius 3 is 2.21 bits per heavy atom. The van der Waals surface area contributed by atoms with Gasteiger partial charge in [-0.25, -0.2) is 14.0 Å². The standard InChI is InChI=1S/C24H21F7N4O3/c1-32-11-14(12-32)13-34-7-8-35(21(34)36)19-10-15(23(26,27)28)9-18(24(29,30)31)20(19)38-22(37)33(2)17-5-3-16(25)4-6-17/h3-10,14H,11-13H2,1-2H3. The van der Waals surface area contributed by atoms with Crippen molar-refractivity contribution in [1.82, 2.24) is 14.0 Å². The fourth-order valence-corrected chi connectivity index (χ4v) is 4.16. The Labute approximate surface area is 211 Å². The van der Waals surface area contributed by atoms with Crippen LogP contribution in [0.1, 0.15) is 11.1 Å². The fourth-order valence-electron chi connectivity index (χ4n) is 4.16. The maximum absolute atomic E-state index is 14.0. The Hall–Kier alpha value is -3.81. The Morgan fingerprint density at radius 1 is 1.03 bits per heavy atom. The fraction of sp³-hybridized carbons (Fsp3) is 0.333. The van der Waals surface area contributed by atoms with Crippen LogP contribution < -0.4 is 15.3 Å². The van der Waals surface area contributed by atoms with Crippen LogP contribution >= 0.6 is 0 Å². The van der Waals surface area contributed by atoms with Crippen LogP contribution in [0.3, 0.4) is 0 Å². The van der Waals surface area contributed by atoms with Crippen LogP contribution in [-0.4, -0.2) is 47.3 Å². The van der Waals surface area contributed by atoms with Gasteiger partial charge in [-0.3, -0.25) is 14.0 Å². The van der Waals surface area contributed by atoms with E-state index < -0.39 is 52.5 Å². The molecule has 0 radical (unpaired) electrons. The summed E-state index contributed by atoms with van der Waals surface area (Å²) in [5, 5.41) is 0. The summed E-state index contributed by atoms with van der Waals surface area (Å²) in [6.07, 6.45) is -9.74. The number of amides is 1. The van der Waals surface area contributed by atoms with Gasteiger partial charge in [0, 0.05) is 50.7 Å². The smallest absolute Gasteiger partial charge is 0.407 e. The molecule has 3 aromatic rings. The number of anilines is 1. The van der Waals surface area contributed by atoms with E-state index >= 15 is 0 Å². The number of aromatic nitrogens is 2. The zero-order chi connectivity index (χ0) is 28.0. The van der Waals surface area contributed by atoms with Crippen LogP contribution in [0.25, 0.3) is 5.69 Å². The molecular weight excluding hydrogens is 525 g/mol. The van der Waals surface area contributed by atoms with Gasteiger partial charge >= 0.3 is 24.1 Å². The van der Waals surface area contributed by atoms with Crippen molar-refractivity contribution in [3.8, 4) is 11.4 Å². The Morgan fingerprint density at radius 2 is 1.66 bits per heavy atom. The minimum absolute atomic E-state index is 0.0345. The van der Waals surface area contributed by atoms with Gasteiger partial charge < -0.3 is 9.64 Å². The van der Waals surface area contributed by atoms with Crippen molar-refractivity contribution in [3.05, 3.63) is 76.2 Å². The monoisotopic (exact) mass is 546 g/mol. The average molecular weight is 546 g/mol. The maximum atomic E-state index is 14.0. The summed E-state index contributed by atoms with van der Waals surface area (Å²) in [6.45, 7) is 1.53. The highest BCUT2D eigenvalue weighted by Crippen LogP contribution is 2.44. The third kappa shape index (κ3) is 5.54. The summed E-state index contributed by atoms with van der Waals surface area (Å²) in [5.74, 6) is -1.85. The Kier molecular flexibility index (Phi) is 7.03. The summed E-state index contributed by atoms with van der Waals surface area (Å²) < 4.78 is 103. The normalized spacial score (nSPS) is 14.9. The van der Waals surface area contributed by atoms with Crippen molar-refractivity contribution in [2.24, 2.45) is 5.92 Å². The van der Waals surface area contributed by atoms with Crippen molar-refractivity contribution in [1.29, 1.82) is 0 Å². The van der Waals surface area contributed by atoms with Crippen molar-refractivity contribution < 1.29 is 40.3 Å². The molecule has 2 heterocycles. The zero-order valence-electron chi connectivity index (χ0n) is 20.0. The maximum Gasteiger partial charge on any atom is 0.420 e. The first-order valence-electron chi connectivity index (χ1n) is 11.2. The second-order valence-corrected chi connectivity index (χ2v) is 8.96. The van der Waals surface area contributed by atoms with Gasteiger partial charge in [0.1, 0.15) is 11.4 Å². The van der Waals surface area contributed by atoms with Crippen molar-refractivity contribution >= 4 is 11.8 Å². The molecule has 0 aliphatic carbocycles. The van der Waals surface area contributed by atoms with Crippen LogP contribution in [0.15, 0.2) is 53.6 Å². The number of carbonyl (C=O) groups excluding carboxylic acids is 1. The van der Waals surface area contributed by atoms with Crippen molar-refractivity contribution in [2.45, 2.75) is 18.9 Å². The van der Waals surface area contributed by atoms with E-state index in [-0.39, 0.29) is 24.2 Å². The molecule has 1 saturated heterocycles. The number of rotatable bonds is 5. The van der Waals surface area contributed by atoms with Crippen molar-refractivity contribution in [3.63, 3.8) is 0 Å². The number of likely N-dealkylation sites (tertiary alicyclic amines) is 1. The van der Waals surface area contributed by atoms with Gasteiger partial charge in [0.2, 0.25) is 0 Å². The molecule has 0 saturated carbocycles. The summed E-state index contributed by atoms with van der Waals surface area (Å²) in [5.41, 5.74) is -5.37. The first kappa shape index (κ1) is 27.2. The molecular formula is C24H21F7N4O3. The minimum Gasteiger partial charge on any atom is -0.407 e. The van der Waals surface area contributed by atoms with Gasteiger partial charge in [0.05, 0.1) is 11.3 Å². The molecule has 1 amide bonds. The molecule has 0 unspecified atom stereocenters. The average Bonchev–Trinajstić information content (AvgIpc) is 3.16. The number of carbonyl (C=O) groups is 1. The molecule has 7 nitrogen and oxygen atoms in total. The molecule has 0 atom stereocenters. The van der Waals surface area contributed by atoms with E-state index in [1.54, 1.807) is 0 Å². The third-order valence-corrected chi connectivity index (χ3v) is 6.08. The van der Waals surface area contributed by atoms with Gasteiger partial charge in [-0.15, -0.1) is 0 Å². The van der Waals surface area contributed by atoms with Gasteiger partial charge in [0.15, 0.2) is 5.75 Å². The second kappa shape index (κ2) is 9.82. The second-order valence-electron chi connectivity index (χ2n) is 8.96. The number of hydrogen-bond acceptors (Lipinski definition) is 4. The summed E-state index contributed by atoms with van der Waals surface area (Å²) in [7, 11) is 2.97. The molecule has 1 fully saturated rings. The zero-order valence-corrected chi connectivity index (χ0v) is 20.0. The van der Waals surface area contributed by atoms with E-state index in [4.69, 9.17) is 4.74 Å². The van der Waals surface area contributed by atoms with Gasteiger partial charge in [-0.05, 0) is 43.4 Å². The number of ether oxygens (including phenoxy) is 1. The van der Waals surface area contributed by atoms with Crippen molar-refractivity contribution in [2.75, 3.05) is 32.1 Å². The van der Waals surface area contributed by atoms with E-state index in [0.29, 0.717) is 23.7 Å². The van der Waals surface area contributed by atoms with Crippen LogP contribution in [0.2, 0.25) is 0 Å². The largest absolute Gasteiger partial charge is 0.420 e. The van der Waals surface area contributed by atoms with Crippen LogP contribution in [0.4, 0.5) is 41.2 Å². The quantitative estimate of drug-likeness (QED) is 0.423. The van der Waals surface area contributed by atoms with E-state index in [2.05, 4.69) is 0 Å². The number of hydrogen-bond donors (Lipinski definition) is 0. The molecule has 1 aromatic heterocycles. The molecule has 204 valence electrons. The molecule has 1 aliphatic heterocycles. The number of nitrogens with zero attached hydrogens (tertiary/aromatic N) is 4. The minimum atomic E-state index is -5.39. The molecule has 1 aliphatic rings. The molecule has 0 bridgehead atoms. The molecule has 2 aromatic carbocycles. The first-order valence-corrected chi connectivity index (χ1v) is 11.2. The van der Waals surface area contributed by atoms with E-state index in [1.807, 2.05) is 11.9 Å². The predicted octanol–water partition coefficient (Wildman–Crippen LogP) is 5.01. The van der Waals surface area contributed by atoms with Gasteiger partial charge in [-0.2, -0.15) is 26.3 Å². The number of halogens is 7. The Bertz CT molecular complexity index is 1390. The summed E-state index contributed by atoms with van der Waals surface area (Å²) in [6, 6.07) is 4.42. The van der Waals surface area contributed by atoms with Crippen LogP contribution in [0.5, 0.6) is 5.75 Å². The summed E-state index contributed by atoms with van der Waals surface area (Å²) >= 11 is 0. The SMILES string of the molecule is CN1CC(Cn2ccn(-c3cc(C(F)(F)F)cc(C(F)(F)F)c3OC(=O)N(C)c3ccc(F)cc3)c2=O)C1. The first-order chi connectivity index (χ1) is 17.6.